The lowest BCUT2D eigenvalue weighted by Gasteiger charge is -2.30. The number of ketones is 1. The van der Waals surface area contributed by atoms with Crippen molar-refractivity contribution in [1.82, 2.24) is 4.90 Å². The number of Topliss-reactive ketones (excluding diaryl/α,β-unsaturated/α-hetero) is 1. The number of nitro groups is 1. The zero-order valence-electron chi connectivity index (χ0n) is 16.7. The smallest absolute Gasteiger partial charge is 0.303 e. The Kier molecular flexibility index (Phi) is 9.53. The Labute approximate surface area is 179 Å². The Morgan fingerprint density at radius 3 is 2.73 bits per heavy atom. The fourth-order valence-electron chi connectivity index (χ4n) is 3.27. The highest BCUT2D eigenvalue weighted by Crippen LogP contribution is 2.24. The van der Waals surface area contributed by atoms with Gasteiger partial charge < -0.3 is 10.0 Å². The van der Waals surface area contributed by atoms with Crippen molar-refractivity contribution in [3.8, 4) is 0 Å². The molecule has 0 unspecified atom stereocenters. The number of thioether (sulfide) groups is 1. The minimum absolute atomic E-state index is 0.0195. The molecule has 1 aliphatic rings. The van der Waals surface area contributed by atoms with Crippen LogP contribution in [0.3, 0.4) is 0 Å². The molecule has 0 aliphatic carbocycles. The number of carboxylic acid groups (broad SMARTS) is 1. The van der Waals surface area contributed by atoms with Crippen LogP contribution >= 0.6 is 11.8 Å². The van der Waals surface area contributed by atoms with E-state index in [1.807, 2.05) is 0 Å². The topological polar surface area (TPSA) is 118 Å². The number of hydrogen-bond donors (Lipinski definition) is 1. The van der Waals surface area contributed by atoms with E-state index in [-0.39, 0.29) is 36.6 Å². The molecule has 1 aromatic rings. The summed E-state index contributed by atoms with van der Waals surface area (Å²) >= 11 is 1.61. The molecule has 2 rings (SSSR count). The number of piperidine rings is 1. The van der Waals surface area contributed by atoms with Crippen LogP contribution in [0.2, 0.25) is 0 Å². The van der Waals surface area contributed by atoms with Gasteiger partial charge in [-0.15, -0.1) is 0 Å². The number of hydrogen-bond acceptors (Lipinski definition) is 6. The summed E-state index contributed by atoms with van der Waals surface area (Å²) in [7, 11) is 0. The third kappa shape index (κ3) is 7.62. The van der Waals surface area contributed by atoms with Gasteiger partial charge in [-0.2, -0.15) is 11.8 Å². The molecule has 0 spiro atoms. The summed E-state index contributed by atoms with van der Waals surface area (Å²) in [6.07, 6.45) is 4.54. The van der Waals surface area contributed by atoms with E-state index >= 15 is 0 Å². The van der Waals surface area contributed by atoms with Crippen molar-refractivity contribution in [3.05, 3.63) is 51.7 Å². The quantitative estimate of drug-likeness (QED) is 0.303. The van der Waals surface area contributed by atoms with Gasteiger partial charge in [-0.25, -0.2) is 0 Å². The molecule has 0 aromatic heterocycles. The van der Waals surface area contributed by atoms with Crippen LogP contribution in [0.4, 0.5) is 5.69 Å². The average molecular weight is 435 g/mol. The van der Waals surface area contributed by atoms with Crippen LogP contribution in [0, 0.1) is 10.1 Å². The average Bonchev–Trinajstić information content (AvgIpc) is 2.70. The standard InChI is InChI=1S/C21H26N2O6S/c24-18(15-16-5-1-2-7-19(16)23(28)29)11-10-17-6-3-8-20(25)22(17)12-14-30-13-4-9-21(26)27/h1-2,5,7,10H,3-4,6,8-9,11-15H2,(H,26,27). The third-order valence-electron chi connectivity index (χ3n) is 4.75. The van der Waals surface area contributed by atoms with Crippen LogP contribution in [-0.4, -0.2) is 50.6 Å². The van der Waals surface area contributed by atoms with E-state index in [4.69, 9.17) is 5.11 Å². The van der Waals surface area contributed by atoms with Gasteiger partial charge in [-0.05, 0) is 25.0 Å². The Bertz CT molecular complexity index is 823. The second-order valence-electron chi connectivity index (χ2n) is 7.01. The number of carbonyl (C=O) groups is 3. The molecule has 1 amide bonds. The van der Waals surface area contributed by atoms with E-state index in [0.29, 0.717) is 37.1 Å². The molecule has 0 saturated carbocycles. The number of carboxylic acids is 1. The van der Waals surface area contributed by atoms with E-state index in [0.717, 1.165) is 17.9 Å². The van der Waals surface area contributed by atoms with E-state index in [1.54, 1.807) is 40.9 Å². The first-order valence-electron chi connectivity index (χ1n) is 9.91. The van der Waals surface area contributed by atoms with Crippen LogP contribution in [0.15, 0.2) is 36.0 Å². The summed E-state index contributed by atoms with van der Waals surface area (Å²) in [4.78, 5) is 47.5. The fourth-order valence-corrected chi connectivity index (χ4v) is 4.13. The van der Waals surface area contributed by atoms with Gasteiger partial charge in [-0.1, -0.05) is 24.3 Å². The van der Waals surface area contributed by atoms with Crippen molar-refractivity contribution >= 4 is 35.1 Å². The molecule has 162 valence electrons. The second-order valence-corrected chi connectivity index (χ2v) is 8.23. The van der Waals surface area contributed by atoms with E-state index < -0.39 is 10.9 Å². The van der Waals surface area contributed by atoms with E-state index in [9.17, 15) is 24.5 Å². The summed E-state index contributed by atoms with van der Waals surface area (Å²) in [5, 5.41) is 19.7. The van der Waals surface area contributed by atoms with Crippen LogP contribution < -0.4 is 0 Å². The zero-order chi connectivity index (χ0) is 21.9. The predicted octanol–water partition coefficient (Wildman–Crippen LogP) is 3.59. The SMILES string of the molecule is O=C(O)CCCSCCN1C(=O)CCCC1=CCC(=O)Cc1ccccc1[N+](=O)[O-]. The van der Waals surface area contributed by atoms with Gasteiger partial charge in [0.15, 0.2) is 0 Å². The summed E-state index contributed by atoms with van der Waals surface area (Å²) in [6, 6.07) is 6.21. The molecule has 0 bridgehead atoms. The molecule has 1 fully saturated rings. The van der Waals surface area contributed by atoms with Gasteiger partial charge in [0.2, 0.25) is 5.91 Å². The Morgan fingerprint density at radius 2 is 2.00 bits per heavy atom. The number of nitrogens with zero attached hydrogens (tertiary/aromatic N) is 2. The van der Waals surface area contributed by atoms with Crippen molar-refractivity contribution in [2.45, 2.75) is 44.9 Å². The number of allylic oxidation sites excluding steroid dienone is 2. The monoisotopic (exact) mass is 434 g/mol. The lowest BCUT2D eigenvalue weighted by atomic mass is 10.0. The maximum absolute atomic E-state index is 12.4. The maximum atomic E-state index is 12.4. The molecule has 0 radical (unpaired) electrons. The number of para-hydroxylation sites is 1. The number of carbonyl (C=O) groups excluding carboxylic acids is 2. The number of likely N-dealkylation sites (tertiary alicyclic amines) is 1. The summed E-state index contributed by atoms with van der Waals surface area (Å²) < 4.78 is 0. The van der Waals surface area contributed by atoms with Gasteiger partial charge in [0.05, 0.1) is 4.92 Å². The van der Waals surface area contributed by atoms with Gasteiger partial charge >= 0.3 is 5.97 Å². The third-order valence-corrected chi connectivity index (χ3v) is 5.80. The Hall–Kier alpha value is -2.68. The molecule has 1 heterocycles. The second kappa shape index (κ2) is 12.1. The Morgan fingerprint density at radius 1 is 1.23 bits per heavy atom. The van der Waals surface area contributed by atoms with Crippen molar-refractivity contribution in [1.29, 1.82) is 0 Å². The molecule has 1 N–H and O–H groups in total. The maximum Gasteiger partial charge on any atom is 0.303 e. The number of nitro benzene ring substituents is 1. The summed E-state index contributed by atoms with van der Waals surface area (Å²) in [5.74, 6) is 0.509. The molecule has 1 aromatic carbocycles. The number of aliphatic carboxylic acids is 1. The van der Waals surface area contributed by atoms with Gasteiger partial charge in [0.25, 0.3) is 5.69 Å². The lowest BCUT2D eigenvalue weighted by molar-refractivity contribution is -0.385. The molecule has 1 aliphatic heterocycles. The molecule has 8 nitrogen and oxygen atoms in total. The molecule has 0 atom stereocenters. The lowest BCUT2D eigenvalue weighted by Crippen LogP contribution is -2.35. The highest BCUT2D eigenvalue weighted by Gasteiger charge is 2.23. The van der Waals surface area contributed by atoms with Crippen LogP contribution in [0.5, 0.6) is 0 Å². The van der Waals surface area contributed by atoms with Crippen molar-refractivity contribution in [3.63, 3.8) is 0 Å². The summed E-state index contributed by atoms with van der Waals surface area (Å²) in [6.45, 7) is 0.529. The molecule has 9 heteroatoms. The first-order chi connectivity index (χ1) is 14.4. The molecule has 30 heavy (non-hydrogen) atoms. The minimum Gasteiger partial charge on any atom is -0.481 e. The minimum atomic E-state index is -0.808. The first kappa shape index (κ1) is 23.6. The summed E-state index contributed by atoms with van der Waals surface area (Å²) in [5.41, 5.74) is 1.15. The highest BCUT2D eigenvalue weighted by molar-refractivity contribution is 7.99. The van der Waals surface area contributed by atoms with E-state index in [1.165, 1.54) is 6.07 Å². The molecule has 1 saturated heterocycles. The van der Waals surface area contributed by atoms with Gasteiger partial charge in [0, 0.05) is 55.3 Å². The number of benzene rings is 1. The van der Waals surface area contributed by atoms with Crippen LogP contribution in [0.1, 0.15) is 44.1 Å². The first-order valence-corrected chi connectivity index (χ1v) is 11.1. The van der Waals surface area contributed by atoms with Crippen LogP contribution in [0.25, 0.3) is 0 Å². The number of rotatable bonds is 12. The normalized spacial score (nSPS) is 15.4. The predicted molar refractivity (Wildman–Crippen MR) is 114 cm³/mol. The van der Waals surface area contributed by atoms with Crippen molar-refractivity contribution < 1.29 is 24.4 Å². The number of amides is 1. The van der Waals surface area contributed by atoms with Crippen LogP contribution in [-0.2, 0) is 20.8 Å². The largest absolute Gasteiger partial charge is 0.481 e. The Balaban J connectivity index is 1.90. The van der Waals surface area contributed by atoms with Crippen molar-refractivity contribution in [2.75, 3.05) is 18.1 Å². The molecular formula is C21H26N2O6S. The highest BCUT2D eigenvalue weighted by atomic mass is 32.2. The van der Waals surface area contributed by atoms with Crippen molar-refractivity contribution in [2.24, 2.45) is 0 Å². The van der Waals surface area contributed by atoms with E-state index in [2.05, 4.69) is 0 Å². The van der Waals surface area contributed by atoms with Gasteiger partial charge in [0.1, 0.15) is 5.78 Å². The fraction of sp³-hybridized carbons (Fsp3) is 0.476. The van der Waals surface area contributed by atoms with Gasteiger partial charge in [-0.3, -0.25) is 24.5 Å². The molecular weight excluding hydrogens is 408 g/mol. The zero-order valence-corrected chi connectivity index (χ0v) is 17.6.